The number of carbonyl (C=O) groups is 2. The fourth-order valence-corrected chi connectivity index (χ4v) is 1.73. The minimum absolute atomic E-state index is 0.425. The fourth-order valence-electron chi connectivity index (χ4n) is 1.73. The Labute approximate surface area is 125 Å². The molecule has 1 aromatic rings. The van der Waals surface area contributed by atoms with Crippen LogP contribution in [0.4, 0.5) is 5.69 Å². The smallest absolute Gasteiger partial charge is 0.318 e. The SMILES string of the molecule is CCC(CC)=NNC(=O)C(=O)Nc1ccc(C(C)C)cc1. The van der Waals surface area contributed by atoms with E-state index < -0.39 is 11.8 Å². The van der Waals surface area contributed by atoms with Gasteiger partial charge >= 0.3 is 11.8 Å². The average Bonchev–Trinajstić information content (AvgIpc) is 2.48. The van der Waals surface area contributed by atoms with Crippen LogP contribution in [0.5, 0.6) is 0 Å². The van der Waals surface area contributed by atoms with Crippen LogP contribution in [-0.2, 0) is 9.59 Å². The Kier molecular flexibility index (Phi) is 6.59. The Morgan fingerprint density at radius 3 is 2.10 bits per heavy atom. The molecule has 2 N–H and O–H groups in total. The zero-order chi connectivity index (χ0) is 15.8. The molecule has 0 atom stereocenters. The number of rotatable bonds is 5. The van der Waals surface area contributed by atoms with Gasteiger partial charge in [0.1, 0.15) is 0 Å². The van der Waals surface area contributed by atoms with Crippen LogP contribution in [0.25, 0.3) is 0 Å². The molecule has 114 valence electrons. The van der Waals surface area contributed by atoms with Crippen molar-refractivity contribution in [2.45, 2.75) is 46.5 Å². The third-order valence-electron chi connectivity index (χ3n) is 3.17. The molecular formula is C16H23N3O2. The number of benzene rings is 1. The first kappa shape index (κ1) is 16.9. The maximum atomic E-state index is 11.7. The normalized spacial score (nSPS) is 10.1. The van der Waals surface area contributed by atoms with E-state index in [1.165, 1.54) is 5.56 Å². The van der Waals surface area contributed by atoms with Crippen LogP contribution < -0.4 is 10.7 Å². The van der Waals surface area contributed by atoms with E-state index in [9.17, 15) is 9.59 Å². The third kappa shape index (κ3) is 5.38. The highest BCUT2D eigenvalue weighted by atomic mass is 16.2. The van der Waals surface area contributed by atoms with E-state index >= 15 is 0 Å². The first-order valence-corrected chi connectivity index (χ1v) is 7.24. The number of nitrogens with zero attached hydrogens (tertiary/aromatic N) is 1. The van der Waals surface area contributed by atoms with Crippen molar-refractivity contribution >= 4 is 23.2 Å². The Balaban J connectivity index is 2.60. The lowest BCUT2D eigenvalue weighted by molar-refractivity contribution is -0.136. The summed E-state index contributed by atoms with van der Waals surface area (Å²) >= 11 is 0. The maximum absolute atomic E-state index is 11.7. The summed E-state index contributed by atoms with van der Waals surface area (Å²) in [6, 6.07) is 7.44. The monoisotopic (exact) mass is 289 g/mol. The molecule has 0 saturated heterocycles. The van der Waals surface area contributed by atoms with Crippen LogP contribution in [0.15, 0.2) is 29.4 Å². The number of nitrogens with one attached hydrogen (secondary N) is 2. The van der Waals surface area contributed by atoms with Gasteiger partial charge < -0.3 is 5.32 Å². The molecule has 0 bridgehead atoms. The Hall–Kier alpha value is -2.17. The Bertz CT molecular complexity index is 513. The lowest BCUT2D eigenvalue weighted by atomic mass is 10.0. The molecule has 1 aromatic carbocycles. The topological polar surface area (TPSA) is 70.6 Å². The molecule has 2 amide bonds. The molecule has 5 nitrogen and oxygen atoms in total. The van der Waals surface area contributed by atoms with Gasteiger partial charge in [0.25, 0.3) is 0 Å². The molecule has 0 aliphatic rings. The number of hydrogen-bond donors (Lipinski definition) is 2. The maximum Gasteiger partial charge on any atom is 0.329 e. The Morgan fingerprint density at radius 1 is 1.05 bits per heavy atom. The molecule has 0 aliphatic heterocycles. The quantitative estimate of drug-likeness (QED) is 0.497. The summed E-state index contributed by atoms with van der Waals surface area (Å²) in [4.78, 5) is 23.4. The second kappa shape index (κ2) is 8.19. The number of hydrogen-bond acceptors (Lipinski definition) is 3. The summed E-state index contributed by atoms with van der Waals surface area (Å²) in [5.74, 6) is -1.06. The average molecular weight is 289 g/mol. The van der Waals surface area contributed by atoms with E-state index in [2.05, 4.69) is 29.7 Å². The van der Waals surface area contributed by atoms with Gasteiger partial charge in [0.2, 0.25) is 0 Å². The van der Waals surface area contributed by atoms with Crippen molar-refractivity contribution < 1.29 is 9.59 Å². The van der Waals surface area contributed by atoms with Crippen LogP contribution in [0.2, 0.25) is 0 Å². The lowest BCUT2D eigenvalue weighted by Crippen LogP contribution is -2.33. The largest absolute Gasteiger partial charge is 0.329 e. The number of anilines is 1. The van der Waals surface area contributed by atoms with E-state index in [1.807, 2.05) is 26.0 Å². The molecular weight excluding hydrogens is 266 g/mol. The van der Waals surface area contributed by atoms with Gasteiger partial charge in [-0.2, -0.15) is 5.10 Å². The molecule has 0 saturated carbocycles. The molecule has 0 spiro atoms. The molecule has 0 aromatic heterocycles. The molecule has 0 heterocycles. The van der Waals surface area contributed by atoms with Crippen LogP contribution in [0.3, 0.4) is 0 Å². The highest BCUT2D eigenvalue weighted by Crippen LogP contribution is 2.16. The van der Waals surface area contributed by atoms with Gasteiger partial charge in [-0.15, -0.1) is 0 Å². The van der Waals surface area contributed by atoms with Gasteiger partial charge in [0.15, 0.2) is 0 Å². The number of amides is 2. The molecule has 21 heavy (non-hydrogen) atoms. The minimum Gasteiger partial charge on any atom is -0.318 e. The van der Waals surface area contributed by atoms with E-state index in [-0.39, 0.29) is 0 Å². The third-order valence-corrected chi connectivity index (χ3v) is 3.17. The van der Waals surface area contributed by atoms with Crippen molar-refractivity contribution in [1.82, 2.24) is 5.43 Å². The highest BCUT2D eigenvalue weighted by molar-refractivity contribution is 6.39. The standard InChI is InChI=1S/C16H23N3O2/c1-5-13(6-2)18-19-16(21)15(20)17-14-9-7-12(8-10-14)11(3)4/h7-11H,5-6H2,1-4H3,(H,17,20)(H,19,21). The van der Waals surface area contributed by atoms with E-state index in [4.69, 9.17) is 0 Å². The second-order valence-corrected chi connectivity index (χ2v) is 5.06. The van der Waals surface area contributed by atoms with Gasteiger partial charge in [-0.25, -0.2) is 5.43 Å². The van der Waals surface area contributed by atoms with E-state index in [0.29, 0.717) is 11.6 Å². The number of hydrazone groups is 1. The highest BCUT2D eigenvalue weighted by Gasteiger charge is 2.13. The zero-order valence-electron chi connectivity index (χ0n) is 13.1. The van der Waals surface area contributed by atoms with Crippen LogP contribution >= 0.6 is 0 Å². The molecule has 1 rings (SSSR count). The van der Waals surface area contributed by atoms with Crippen molar-refractivity contribution in [3.63, 3.8) is 0 Å². The molecule has 0 aliphatic carbocycles. The Morgan fingerprint density at radius 2 is 1.62 bits per heavy atom. The van der Waals surface area contributed by atoms with Crippen LogP contribution in [0.1, 0.15) is 52.0 Å². The van der Waals surface area contributed by atoms with Crippen molar-refractivity contribution in [3.05, 3.63) is 29.8 Å². The van der Waals surface area contributed by atoms with Crippen molar-refractivity contribution in [1.29, 1.82) is 0 Å². The summed E-state index contributed by atoms with van der Waals surface area (Å²) in [6.45, 7) is 8.09. The van der Waals surface area contributed by atoms with E-state index in [0.717, 1.165) is 18.6 Å². The minimum atomic E-state index is -0.762. The van der Waals surface area contributed by atoms with Crippen molar-refractivity contribution in [2.24, 2.45) is 5.10 Å². The summed E-state index contributed by atoms with van der Waals surface area (Å²) < 4.78 is 0. The van der Waals surface area contributed by atoms with Crippen molar-refractivity contribution in [3.8, 4) is 0 Å². The second-order valence-electron chi connectivity index (χ2n) is 5.06. The first-order chi connectivity index (χ1) is 9.97. The first-order valence-electron chi connectivity index (χ1n) is 7.24. The van der Waals surface area contributed by atoms with E-state index in [1.54, 1.807) is 12.1 Å². The lowest BCUT2D eigenvalue weighted by Gasteiger charge is -2.08. The summed E-state index contributed by atoms with van der Waals surface area (Å²) in [5.41, 5.74) is 4.89. The summed E-state index contributed by atoms with van der Waals surface area (Å²) in [5, 5.41) is 6.46. The predicted molar refractivity (Wildman–Crippen MR) is 85.3 cm³/mol. The van der Waals surface area contributed by atoms with Gasteiger partial charge in [-0.3, -0.25) is 9.59 Å². The van der Waals surface area contributed by atoms with Gasteiger partial charge in [-0.1, -0.05) is 39.8 Å². The van der Waals surface area contributed by atoms with Gasteiger partial charge in [0, 0.05) is 11.4 Å². The van der Waals surface area contributed by atoms with Gasteiger partial charge in [-0.05, 0) is 36.5 Å². The molecule has 5 heteroatoms. The van der Waals surface area contributed by atoms with Crippen LogP contribution in [-0.4, -0.2) is 17.5 Å². The number of carbonyl (C=O) groups excluding carboxylic acids is 2. The zero-order valence-corrected chi connectivity index (χ0v) is 13.1. The van der Waals surface area contributed by atoms with Crippen LogP contribution in [0, 0.1) is 0 Å². The molecule has 0 radical (unpaired) electrons. The summed E-state index contributed by atoms with van der Waals surface area (Å²) in [6.07, 6.45) is 1.49. The van der Waals surface area contributed by atoms with Crippen molar-refractivity contribution in [2.75, 3.05) is 5.32 Å². The molecule has 0 fully saturated rings. The fraction of sp³-hybridized carbons (Fsp3) is 0.438. The van der Waals surface area contributed by atoms with Gasteiger partial charge in [0.05, 0.1) is 0 Å². The summed E-state index contributed by atoms with van der Waals surface area (Å²) in [7, 11) is 0. The molecule has 0 unspecified atom stereocenters. The predicted octanol–water partition coefficient (Wildman–Crippen LogP) is 3.04.